The van der Waals surface area contributed by atoms with Gasteiger partial charge in [-0.3, -0.25) is 4.55 Å². The third-order valence-electron chi connectivity index (χ3n) is 1.58. The lowest BCUT2D eigenvalue weighted by Gasteiger charge is -2.25. The molecular weight excluding hydrogens is 194 g/mol. The Hall–Kier alpha value is -0.170. The maximum Gasteiger partial charge on any atom is 0.265 e. The molecule has 0 unspecified atom stereocenters. The number of quaternary nitrogens is 1. The van der Waals surface area contributed by atoms with Gasteiger partial charge in [0.2, 0.25) is 0 Å². The topological polar surface area (TPSA) is 63.6 Å². The lowest BCUT2D eigenvalue weighted by molar-refractivity contribution is -1.08. The number of hydrogen-bond acceptors (Lipinski definition) is 3. The van der Waals surface area contributed by atoms with E-state index in [2.05, 4.69) is 0 Å². The Morgan fingerprint density at radius 2 is 1.92 bits per heavy atom. The molecule has 0 aliphatic carbocycles. The molecule has 0 aliphatic heterocycles. The maximum absolute atomic E-state index is 10.4. The fourth-order valence-corrected chi connectivity index (χ4v) is 1.54. The zero-order valence-electron chi connectivity index (χ0n) is 8.36. The minimum absolute atomic E-state index is 0.207. The quantitative estimate of drug-likeness (QED) is 0.390. The largest absolute Gasteiger partial charge is 0.286 e. The van der Waals surface area contributed by atoms with Crippen LogP contribution < -0.4 is 0 Å². The van der Waals surface area contributed by atoms with Crippen LogP contribution in [0.5, 0.6) is 0 Å². The highest BCUT2D eigenvalue weighted by molar-refractivity contribution is 7.85. The lowest BCUT2D eigenvalue weighted by Crippen LogP contribution is -2.40. The second kappa shape index (κ2) is 4.90. The van der Waals surface area contributed by atoms with Crippen molar-refractivity contribution in [1.29, 1.82) is 0 Å². The van der Waals surface area contributed by atoms with Crippen LogP contribution in [0.4, 0.5) is 0 Å². The van der Waals surface area contributed by atoms with Crippen LogP contribution in [0.25, 0.3) is 0 Å². The number of rotatable bonds is 6. The molecule has 0 saturated carbocycles. The van der Waals surface area contributed by atoms with Crippen molar-refractivity contribution in [2.45, 2.75) is 13.3 Å². The van der Waals surface area contributed by atoms with E-state index in [-0.39, 0.29) is 5.75 Å². The summed E-state index contributed by atoms with van der Waals surface area (Å²) in [4.78, 5) is 5.31. The van der Waals surface area contributed by atoms with Gasteiger partial charge in [0, 0.05) is 6.42 Å². The standard InChI is InChI=1S/C7H17NO4S/c1-4-12-8(2,3)6-5-7-13(9,10)11/h4-7H2,1-3H3/p+1. The minimum Gasteiger partial charge on any atom is -0.286 e. The first-order valence-electron chi connectivity index (χ1n) is 4.19. The summed E-state index contributed by atoms with van der Waals surface area (Å²) >= 11 is 0. The van der Waals surface area contributed by atoms with Crippen LogP contribution in [-0.2, 0) is 15.0 Å². The van der Waals surface area contributed by atoms with Crippen LogP contribution in [0, 0.1) is 0 Å². The molecule has 0 radical (unpaired) electrons. The third-order valence-corrected chi connectivity index (χ3v) is 2.38. The van der Waals surface area contributed by atoms with Crippen molar-refractivity contribution >= 4 is 10.1 Å². The maximum atomic E-state index is 10.4. The van der Waals surface area contributed by atoms with Crippen molar-refractivity contribution in [3.8, 4) is 0 Å². The van der Waals surface area contributed by atoms with Crippen LogP contribution in [0.3, 0.4) is 0 Å². The second-order valence-corrected chi connectivity index (χ2v) is 4.93. The summed E-state index contributed by atoms with van der Waals surface area (Å²) in [5, 5.41) is 0. The van der Waals surface area contributed by atoms with E-state index < -0.39 is 10.1 Å². The summed E-state index contributed by atoms with van der Waals surface area (Å²) in [5.74, 6) is -0.207. The number of hydroxylamine groups is 3. The molecule has 0 atom stereocenters. The van der Waals surface area contributed by atoms with Gasteiger partial charge in [-0.1, -0.05) is 0 Å². The molecule has 0 bridgehead atoms. The summed E-state index contributed by atoms with van der Waals surface area (Å²) in [6.45, 7) is 3.02. The smallest absolute Gasteiger partial charge is 0.265 e. The zero-order chi connectivity index (χ0) is 10.5. The summed E-state index contributed by atoms with van der Waals surface area (Å²) in [6, 6.07) is 0. The van der Waals surface area contributed by atoms with Gasteiger partial charge in [-0.25, -0.2) is 4.84 Å². The highest BCUT2D eigenvalue weighted by Gasteiger charge is 2.17. The molecule has 0 aromatic rings. The van der Waals surface area contributed by atoms with Gasteiger partial charge in [0.25, 0.3) is 10.1 Å². The number of hydrogen-bond donors (Lipinski definition) is 1. The molecule has 0 rings (SSSR count). The molecule has 6 heteroatoms. The van der Waals surface area contributed by atoms with Gasteiger partial charge in [-0.05, 0) is 6.92 Å². The van der Waals surface area contributed by atoms with Gasteiger partial charge in [0.1, 0.15) is 13.2 Å². The molecule has 0 aromatic carbocycles. The summed E-state index contributed by atoms with van der Waals surface area (Å²) in [7, 11) is -0.146. The highest BCUT2D eigenvalue weighted by atomic mass is 32.2. The summed E-state index contributed by atoms with van der Waals surface area (Å²) < 4.78 is 29.5. The second-order valence-electron chi connectivity index (χ2n) is 3.35. The minimum atomic E-state index is -3.83. The predicted octanol–water partition coefficient (Wildman–Crippen LogP) is 0.292. The van der Waals surface area contributed by atoms with Gasteiger partial charge < -0.3 is 0 Å². The van der Waals surface area contributed by atoms with E-state index in [4.69, 9.17) is 9.39 Å². The Balaban J connectivity index is 3.76. The zero-order valence-corrected chi connectivity index (χ0v) is 9.17. The van der Waals surface area contributed by atoms with E-state index in [1.165, 1.54) is 0 Å². The Morgan fingerprint density at radius 1 is 1.38 bits per heavy atom. The monoisotopic (exact) mass is 212 g/mol. The van der Waals surface area contributed by atoms with Gasteiger partial charge in [0.05, 0.1) is 19.8 Å². The van der Waals surface area contributed by atoms with Gasteiger partial charge in [-0.15, -0.1) is 0 Å². The molecule has 1 N–H and O–H groups in total. The first-order valence-corrected chi connectivity index (χ1v) is 5.80. The molecule has 0 fully saturated rings. The third kappa shape index (κ3) is 8.17. The SMILES string of the molecule is CCO[N+](C)(C)CCCS(=O)(=O)O. The average molecular weight is 212 g/mol. The predicted molar refractivity (Wildman–Crippen MR) is 49.6 cm³/mol. The molecule has 0 spiro atoms. The van der Waals surface area contributed by atoms with E-state index in [9.17, 15) is 8.42 Å². The van der Waals surface area contributed by atoms with Crippen molar-refractivity contribution < 1.29 is 22.5 Å². The van der Waals surface area contributed by atoms with Crippen molar-refractivity contribution in [2.75, 3.05) is 33.0 Å². The van der Waals surface area contributed by atoms with E-state index in [0.717, 1.165) is 0 Å². The van der Waals surface area contributed by atoms with Crippen LogP contribution >= 0.6 is 0 Å². The van der Waals surface area contributed by atoms with E-state index in [1.807, 2.05) is 21.0 Å². The Bertz CT molecular complexity index is 235. The van der Waals surface area contributed by atoms with Gasteiger partial charge >= 0.3 is 0 Å². The summed E-state index contributed by atoms with van der Waals surface area (Å²) in [5.41, 5.74) is 0. The molecule has 80 valence electrons. The van der Waals surface area contributed by atoms with Crippen molar-refractivity contribution in [3.05, 3.63) is 0 Å². The van der Waals surface area contributed by atoms with Crippen molar-refractivity contribution in [3.63, 3.8) is 0 Å². The molecule has 0 saturated heterocycles. The van der Waals surface area contributed by atoms with Gasteiger partial charge in [-0.2, -0.15) is 13.1 Å². The molecule has 0 amide bonds. The normalized spacial score (nSPS) is 13.2. The van der Waals surface area contributed by atoms with Crippen LogP contribution in [0.15, 0.2) is 0 Å². The Kier molecular flexibility index (Phi) is 4.83. The molecule has 0 heterocycles. The fraction of sp³-hybridized carbons (Fsp3) is 1.00. The lowest BCUT2D eigenvalue weighted by atomic mass is 10.4. The fourth-order valence-electron chi connectivity index (χ4n) is 1.04. The van der Waals surface area contributed by atoms with Crippen LogP contribution in [0.2, 0.25) is 0 Å². The highest BCUT2D eigenvalue weighted by Crippen LogP contribution is 2.01. The van der Waals surface area contributed by atoms with Crippen molar-refractivity contribution in [2.24, 2.45) is 0 Å². The van der Waals surface area contributed by atoms with E-state index >= 15 is 0 Å². The molecule has 0 aromatic heterocycles. The van der Waals surface area contributed by atoms with Crippen LogP contribution in [0.1, 0.15) is 13.3 Å². The average Bonchev–Trinajstić information content (AvgIpc) is 1.82. The summed E-state index contributed by atoms with van der Waals surface area (Å²) in [6.07, 6.45) is 0.395. The number of nitrogens with zero attached hydrogens (tertiary/aromatic N) is 1. The molecule has 5 nitrogen and oxygen atoms in total. The first-order chi connectivity index (χ1) is 5.77. The van der Waals surface area contributed by atoms with E-state index in [0.29, 0.717) is 24.2 Å². The molecule has 13 heavy (non-hydrogen) atoms. The van der Waals surface area contributed by atoms with E-state index in [1.54, 1.807) is 0 Å². The van der Waals surface area contributed by atoms with Gasteiger partial charge in [0.15, 0.2) is 0 Å². The van der Waals surface area contributed by atoms with Crippen molar-refractivity contribution in [1.82, 2.24) is 0 Å². The Morgan fingerprint density at radius 3 is 2.31 bits per heavy atom. The first kappa shape index (κ1) is 12.8. The van der Waals surface area contributed by atoms with Crippen LogP contribution in [-0.4, -0.2) is 50.6 Å². The Labute approximate surface area is 79.6 Å². The molecule has 0 aliphatic rings. The molecular formula is C7H18NO4S+.